The topological polar surface area (TPSA) is 175 Å². The molecule has 0 aromatic carbocycles. The number of likely N-dealkylation sites (N-methyl/N-ethyl adjacent to an activating group) is 1. The van der Waals surface area contributed by atoms with E-state index in [1.807, 2.05) is 53.6 Å². The minimum absolute atomic E-state index is 0.0133. The molecule has 4 saturated heterocycles. The van der Waals surface area contributed by atoms with E-state index < -0.39 is 95.5 Å². The normalized spacial score (nSPS) is 48.4. The van der Waals surface area contributed by atoms with Gasteiger partial charge in [-0.05, 0) is 74.1 Å². The fraction of sp³-hybridized carbons (Fsp3) is 0.919. The summed E-state index contributed by atoms with van der Waals surface area (Å²) in [5.41, 5.74) is -3.15. The largest absolute Gasteiger partial charge is 0.488 e. The van der Waals surface area contributed by atoms with Gasteiger partial charge in [-0.2, -0.15) is 0 Å². The molecule has 14 heteroatoms. The molecule has 4 fully saturated rings. The highest BCUT2D eigenvalue weighted by atomic mass is 16.9. The SMILES string of the molecule is CCC(O)C(C)(O)C1OC(=O)C2COC3(C[C@@](C)(OC)[C@@H](O)[C@H](C)O3)OC2C(C)C(O[C@@H]2O[C@H](C)C[C@H](N(C)C)[C@H]2O)C2(C)CC(C)=C(O2)C1C. The maximum absolute atomic E-state index is 14.4. The first-order valence-electron chi connectivity index (χ1n) is 18.5. The molecular formula is C37H63NO13. The summed E-state index contributed by atoms with van der Waals surface area (Å²) in [7, 11) is 5.31. The molecule has 10 unspecified atom stereocenters. The van der Waals surface area contributed by atoms with Crippen molar-refractivity contribution in [2.24, 2.45) is 17.8 Å². The summed E-state index contributed by atoms with van der Waals surface area (Å²) in [6, 6.07) is -0.238. The van der Waals surface area contributed by atoms with Gasteiger partial charge in [-0.15, -0.1) is 0 Å². The van der Waals surface area contributed by atoms with Gasteiger partial charge in [0.2, 0.25) is 0 Å². The van der Waals surface area contributed by atoms with Crippen molar-refractivity contribution in [1.82, 2.24) is 4.90 Å². The number of ether oxygens (including phenoxy) is 8. The average molecular weight is 730 g/mol. The minimum Gasteiger partial charge on any atom is -0.488 e. The molecule has 1 spiro atoms. The first-order valence-corrected chi connectivity index (χ1v) is 18.5. The summed E-state index contributed by atoms with van der Waals surface area (Å²) >= 11 is 0. The Morgan fingerprint density at radius 3 is 2.39 bits per heavy atom. The molecule has 5 heterocycles. The number of hydrogen-bond acceptors (Lipinski definition) is 14. The number of carbonyl (C=O) groups excluding carboxylic acids is 1. The quantitative estimate of drug-likeness (QED) is 0.281. The summed E-state index contributed by atoms with van der Waals surface area (Å²) < 4.78 is 51.4. The maximum atomic E-state index is 14.4. The van der Waals surface area contributed by atoms with E-state index in [4.69, 9.17) is 37.9 Å². The number of cyclic esters (lactones) is 1. The molecule has 0 amide bonds. The van der Waals surface area contributed by atoms with Crippen LogP contribution in [0.5, 0.6) is 0 Å². The number of aliphatic hydroxyl groups excluding tert-OH is 3. The summed E-state index contributed by atoms with van der Waals surface area (Å²) in [4.78, 5) is 16.4. The number of rotatable bonds is 7. The van der Waals surface area contributed by atoms with E-state index >= 15 is 0 Å². The van der Waals surface area contributed by atoms with Gasteiger partial charge in [0.15, 0.2) is 6.29 Å². The smallest absolute Gasteiger partial charge is 0.314 e. The van der Waals surface area contributed by atoms with Crippen molar-refractivity contribution in [1.29, 1.82) is 0 Å². The highest BCUT2D eigenvalue weighted by Crippen LogP contribution is 2.50. The predicted octanol–water partition coefficient (Wildman–Crippen LogP) is 2.23. The van der Waals surface area contributed by atoms with Gasteiger partial charge in [0.05, 0.1) is 43.4 Å². The third-order valence-electron chi connectivity index (χ3n) is 12.2. The van der Waals surface area contributed by atoms with Crippen LogP contribution in [-0.2, 0) is 42.7 Å². The third-order valence-corrected chi connectivity index (χ3v) is 12.2. The van der Waals surface area contributed by atoms with Gasteiger partial charge >= 0.3 is 5.97 Å². The van der Waals surface area contributed by atoms with Crippen molar-refractivity contribution in [3.8, 4) is 0 Å². The van der Waals surface area contributed by atoms with Crippen LogP contribution in [-0.4, -0.2) is 143 Å². The van der Waals surface area contributed by atoms with Crippen LogP contribution in [0.3, 0.4) is 0 Å². The average Bonchev–Trinajstić information content (AvgIpc) is 3.38. The molecule has 5 rings (SSSR count). The molecule has 14 nitrogen and oxygen atoms in total. The third kappa shape index (κ3) is 7.37. The lowest BCUT2D eigenvalue weighted by Gasteiger charge is -2.54. The number of carbonyl (C=O) groups is 1. The second-order valence-electron chi connectivity index (χ2n) is 16.7. The molecular weight excluding hydrogens is 666 g/mol. The van der Waals surface area contributed by atoms with Crippen molar-refractivity contribution in [2.45, 2.75) is 172 Å². The Bertz CT molecular complexity index is 1290. The Hall–Kier alpha value is -1.43. The zero-order valence-electron chi connectivity index (χ0n) is 32.5. The molecule has 51 heavy (non-hydrogen) atoms. The molecule has 4 N–H and O–H groups in total. The van der Waals surface area contributed by atoms with E-state index in [0.29, 0.717) is 18.6 Å². The molecule has 0 aliphatic carbocycles. The van der Waals surface area contributed by atoms with Crippen LogP contribution in [0.4, 0.5) is 0 Å². The molecule has 294 valence electrons. The van der Waals surface area contributed by atoms with E-state index in [1.54, 1.807) is 20.8 Å². The zero-order chi connectivity index (χ0) is 38.0. The Labute approximate surface area is 302 Å². The Balaban J connectivity index is 1.62. The summed E-state index contributed by atoms with van der Waals surface area (Å²) in [5, 5.41) is 45.4. The standard InChI is InChI=1S/C37H63NO13/c1-13-25(39)36(9,43)31-20(4)27-18(2)15-34(7,50-27)30(48-33-26(40)24(38(10)11)14-19(3)46-33)21(5)28-23(32(42)47-31)16-45-37(51-28)17-35(8,44-12)29(41)22(6)49-37/h19-26,28-31,33,39-41,43H,13-17H2,1-12H3/t19-,20?,21?,22+,23?,24+,25?,26-,28?,29+,30?,31?,33+,34?,35-,36?,37?/m1/s1. The Morgan fingerprint density at radius 1 is 1.12 bits per heavy atom. The first-order chi connectivity index (χ1) is 23.6. The van der Waals surface area contributed by atoms with Gasteiger partial charge in [0, 0.05) is 25.5 Å². The zero-order valence-corrected chi connectivity index (χ0v) is 32.5. The molecule has 0 aromatic rings. The van der Waals surface area contributed by atoms with Crippen molar-refractivity contribution in [2.75, 3.05) is 27.8 Å². The molecule has 5 aliphatic rings. The summed E-state index contributed by atoms with van der Waals surface area (Å²) in [6.07, 6.45) is -7.02. The fourth-order valence-corrected chi connectivity index (χ4v) is 9.18. The number of methoxy groups -OCH3 is 1. The second kappa shape index (κ2) is 14.7. The van der Waals surface area contributed by atoms with Crippen LogP contribution in [0.15, 0.2) is 11.3 Å². The predicted molar refractivity (Wildman–Crippen MR) is 183 cm³/mol. The van der Waals surface area contributed by atoms with Crippen LogP contribution < -0.4 is 0 Å². The summed E-state index contributed by atoms with van der Waals surface area (Å²) in [6.45, 7) is 16.0. The van der Waals surface area contributed by atoms with Crippen LogP contribution in [0, 0.1) is 17.8 Å². The number of nitrogens with zero attached hydrogens (tertiary/aromatic N) is 1. The lowest BCUT2D eigenvalue weighted by atomic mass is 9.78. The van der Waals surface area contributed by atoms with E-state index in [2.05, 4.69) is 0 Å². The fourth-order valence-electron chi connectivity index (χ4n) is 9.18. The van der Waals surface area contributed by atoms with Gasteiger partial charge in [0.25, 0.3) is 5.97 Å². The van der Waals surface area contributed by atoms with Crippen LogP contribution in [0.2, 0.25) is 0 Å². The van der Waals surface area contributed by atoms with E-state index in [1.165, 1.54) is 14.0 Å². The highest BCUT2D eigenvalue weighted by Gasteiger charge is 2.62. The van der Waals surface area contributed by atoms with Crippen molar-refractivity contribution >= 4 is 5.97 Å². The van der Waals surface area contributed by atoms with Gasteiger partial charge in [0.1, 0.15) is 52.9 Å². The first kappa shape index (κ1) is 40.7. The van der Waals surface area contributed by atoms with Gasteiger partial charge in [-0.3, -0.25) is 4.79 Å². The summed E-state index contributed by atoms with van der Waals surface area (Å²) in [5.74, 6) is -4.23. The van der Waals surface area contributed by atoms with Crippen LogP contribution >= 0.6 is 0 Å². The van der Waals surface area contributed by atoms with Gasteiger partial charge in [-0.1, -0.05) is 20.8 Å². The molecule has 0 radical (unpaired) electrons. The second-order valence-corrected chi connectivity index (χ2v) is 16.7. The van der Waals surface area contributed by atoms with Gasteiger partial charge in [-0.25, -0.2) is 0 Å². The van der Waals surface area contributed by atoms with Crippen molar-refractivity contribution < 1.29 is 63.1 Å². The van der Waals surface area contributed by atoms with E-state index in [-0.39, 0.29) is 31.6 Å². The highest BCUT2D eigenvalue weighted by molar-refractivity contribution is 5.74. The number of fused-ring (bicyclic) bond motifs is 3. The lowest BCUT2D eigenvalue weighted by Crippen LogP contribution is -2.67. The Kier molecular flexibility index (Phi) is 11.7. The molecule has 17 atom stereocenters. The number of esters is 1. The van der Waals surface area contributed by atoms with E-state index in [9.17, 15) is 25.2 Å². The molecule has 0 saturated carbocycles. The van der Waals surface area contributed by atoms with Gasteiger partial charge < -0.3 is 63.2 Å². The molecule has 5 aliphatic heterocycles. The number of aliphatic hydroxyl groups is 4. The monoisotopic (exact) mass is 729 g/mol. The Morgan fingerprint density at radius 2 is 1.78 bits per heavy atom. The lowest BCUT2D eigenvalue weighted by molar-refractivity contribution is -0.474. The minimum atomic E-state index is -1.85. The van der Waals surface area contributed by atoms with Crippen LogP contribution in [0.25, 0.3) is 0 Å². The maximum Gasteiger partial charge on any atom is 0.314 e. The van der Waals surface area contributed by atoms with Crippen LogP contribution in [0.1, 0.15) is 88.0 Å². The molecule has 0 aromatic heterocycles. The number of hydrogen-bond donors (Lipinski definition) is 4. The molecule has 2 bridgehead atoms. The van der Waals surface area contributed by atoms with E-state index in [0.717, 1.165) is 5.57 Å². The van der Waals surface area contributed by atoms with Crippen molar-refractivity contribution in [3.05, 3.63) is 11.3 Å². The van der Waals surface area contributed by atoms with Crippen molar-refractivity contribution in [3.63, 3.8) is 0 Å².